The zero-order chi connectivity index (χ0) is 24.6. The molecule has 0 aliphatic carbocycles. The number of nitrogens with zero attached hydrogens (tertiary/aromatic N) is 1. The molecule has 0 radical (unpaired) electrons. The quantitative estimate of drug-likeness (QED) is 0.350. The molecular formula is C21H30N2O9. The first-order valence-corrected chi connectivity index (χ1v) is 10.1. The molecule has 0 spiro atoms. The highest BCUT2D eigenvalue weighted by atomic mass is 16.6. The standard InChI is InChI=1S/C21H30N2O9/c1-6-13(19(27)28)17(32-20(29)10(2)3)12(5)31-21(30)14(9-24)23-18(26)15-16(25)11(4)7-8-22-15/h7-8,10,12-14,17,24-25H,6,9H2,1-5H3,(H,23,26)(H,27,28)/t12-,13+,14-,17-/m0/s1. The Balaban J connectivity index is 2.99. The van der Waals surface area contributed by atoms with E-state index in [4.69, 9.17) is 9.47 Å². The lowest BCUT2D eigenvalue weighted by Gasteiger charge is -2.30. The molecule has 4 N–H and O–H groups in total. The summed E-state index contributed by atoms with van der Waals surface area (Å²) in [5.41, 5.74) is 0.0425. The number of aromatic nitrogens is 1. The minimum Gasteiger partial charge on any atom is -0.505 e. The molecule has 11 nitrogen and oxygen atoms in total. The van der Waals surface area contributed by atoms with Gasteiger partial charge in [0.15, 0.2) is 17.8 Å². The number of carboxylic acid groups (broad SMARTS) is 1. The Bertz CT molecular complexity index is 841. The van der Waals surface area contributed by atoms with Crippen LogP contribution in [-0.4, -0.2) is 69.0 Å². The van der Waals surface area contributed by atoms with Gasteiger partial charge in [-0.05, 0) is 31.9 Å². The number of pyridine rings is 1. The average Bonchev–Trinajstić information content (AvgIpc) is 2.72. The van der Waals surface area contributed by atoms with Crippen LogP contribution in [0.1, 0.15) is 50.2 Å². The van der Waals surface area contributed by atoms with Gasteiger partial charge in [0, 0.05) is 6.20 Å². The Morgan fingerprint density at radius 1 is 1.12 bits per heavy atom. The van der Waals surface area contributed by atoms with Crippen LogP contribution in [0, 0.1) is 18.8 Å². The van der Waals surface area contributed by atoms with E-state index in [0.717, 1.165) is 0 Å². The molecule has 11 heteroatoms. The van der Waals surface area contributed by atoms with Gasteiger partial charge in [-0.25, -0.2) is 9.78 Å². The summed E-state index contributed by atoms with van der Waals surface area (Å²) >= 11 is 0. The number of aliphatic hydroxyl groups excluding tert-OH is 1. The Morgan fingerprint density at radius 3 is 2.25 bits per heavy atom. The van der Waals surface area contributed by atoms with E-state index in [1.165, 1.54) is 19.2 Å². The van der Waals surface area contributed by atoms with Crippen LogP contribution in [0.2, 0.25) is 0 Å². The molecule has 1 heterocycles. The van der Waals surface area contributed by atoms with Gasteiger partial charge in [0.25, 0.3) is 5.91 Å². The summed E-state index contributed by atoms with van der Waals surface area (Å²) in [4.78, 5) is 52.3. The Kier molecular flexibility index (Phi) is 10.0. The highest BCUT2D eigenvalue weighted by Gasteiger charge is 2.38. The summed E-state index contributed by atoms with van der Waals surface area (Å²) in [6.45, 7) is 6.80. The molecule has 32 heavy (non-hydrogen) atoms. The zero-order valence-corrected chi connectivity index (χ0v) is 18.7. The highest BCUT2D eigenvalue weighted by molar-refractivity contribution is 5.97. The number of hydrogen-bond acceptors (Lipinski definition) is 9. The van der Waals surface area contributed by atoms with Gasteiger partial charge in [0.1, 0.15) is 11.9 Å². The number of esters is 2. The van der Waals surface area contributed by atoms with Crippen LogP contribution in [0.25, 0.3) is 0 Å². The van der Waals surface area contributed by atoms with Crippen LogP contribution >= 0.6 is 0 Å². The average molecular weight is 454 g/mol. The maximum atomic E-state index is 12.5. The minimum absolute atomic E-state index is 0.103. The topological polar surface area (TPSA) is 172 Å². The molecule has 0 saturated heterocycles. The molecule has 1 aromatic heterocycles. The van der Waals surface area contributed by atoms with Crippen LogP contribution in [0.15, 0.2) is 12.3 Å². The van der Waals surface area contributed by atoms with Gasteiger partial charge in [-0.1, -0.05) is 20.8 Å². The number of aryl methyl sites for hydroxylation is 1. The molecule has 1 rings (SSSR count). The number of carbonyl (C=O) groups excluding carboxylic acids is 3. The molecule has 4 atom stereocenters. The number of carbonyl (C=O) groups is 4. The van der Waals surface area contributed by atoms with E-state index in [0.29, 0.717) is 5.56 Å². The lowest BCUT2D eigenvalue weighted by molar-refractivity contribution is -0.179. The van der Waals surface area contributed by atoms with E-state index in [1.54, 1.807) is 27.7 Å². The molecule has 0 bridgehead atoms. The van der Waals surface area contributed by atoms with Crippen LogP contribution in [0.3, 0.4) is 0 Å². The third-order valence-electron chi connectivity index (χ3n) is 4.76. The van der Waals surface area contributed by atoms with E-state index in [1.807, 2.05) is 0 Å². The van der Waals surface area contributed by atoms with E-state index < -0.39 is 60.5 Å². The Hall–Kier alpha value is -3.21. The normalized spacial score (nSPS) is 14.7. The van der Waals surface area contributed by atoms with Crippen LogP contribution < -0.4 is 5.32 Å². The molecule has 0 aliphatic rings. The van der Waals surface area contributed by atoms with Gasteiger partial charge in [-0.3, -0.25) is 14.4 Å². The third kappa shape index (κ3) is 6.91. The van der Waals surface area contributed by atoms with Gasteiger partial charge < -0.3 is 30.1 Å². The molecule has 178 valence electrons. The van der Waals surface area contributed by atoms with Crippen molar-refractivity contribution >= 4 is 23.8 Å². The fraction of sp³-hybridized carbons (Fsp3) is 0.571. The Labute approximate surface area is 185 Å². The predicted octanol–water partition coefficient (Wildman–Crippen LogP) is 0.797. The molecule has 1 amide bonds. The summed E-state index contributed by atoms with van der Waals surface area (Å²) in [7, 11) is 0. The molecule has 0 saturated carbocycles. The number of amides is 1. The second-order valence-corrected chi connectivity index (χ2v) is 7.58. The molecule has 0 fully saturated rings. The van der Waals surface area contributed by atoms with Crippen molar-refractivity contribution in [1.29, 1.82) is 0 Å². The number of aliphatic hydroxyl groups is 1. The molecule has 0 aliphatic heterocycles. The monoisotopic (exact) mass is 454 g/mol. The lowest BCUT2D eigenvalue weighted by Crippen LogP contribution is -2.48. The van der Waals surface area contributed by atoms with Crippen LogP contribution in [-0.2, 0) is 23.9 Å². The SMILES string of the molecule is CC[C@@H](C(=O)O)[C@@H](OC(=O)C(C)C)[C@H](C)OC(=O)[C@H](CO)NC(=O)c1nccc(C)c1O. The number of carboxylic acids is 1. The maximum absolute atomic E-state index is 12.5. The van der Waals surface area contributed by atoms with Gasteiger partial charge in [-0.15, -0.1) is 0 Å². The first-order valence-electron chi connectivity index (χ1n) is 10.1. The number of aromatic hydroxyl groups is 1. The molecule has 0 unspecified atom stereocenters. The van der Waals surface area contributed by atoms with Gasteiger partial charge >= 0.3 is 17.9 Å². The van der Waals surface area contributed by atoms with Crippen molar-refractivity contribution in [2.24, 2.45) is 11.8 Å². The largest absolute Gasteiger partial charge is 0.505 e. The van der Waals surface area contributed by atoms with Gasteiger partial charge in [0.05, 0.1) is 18.4 Å². The van der Waals surface area contributed by atoms with Crippen LogP contribution in [0.5, 0.6) is 5.75 Å². The number of rotatable bonds is 11. The predicted molar refractivity (Wildman–Crippen MR) is 111 cm³/mol. The van der Waals surface area contributed by atoms with Crippen molar-refractivity contribution < 1.29 is 44.0 Å². The second kappa shape index (κ2) is 12.0. The van der Waals surface area contributed by atoms with Gasteiger partial charge in [0.2, 0.25) is 0 Å². The summed E-state index contributed by atoms with van der Waals surface area (Å²) in [6, 6.07) is -0.0467. The summed E-state index contributed by atoms with van der Waals surface area (Å²) in [6.07, 6.45) is -1.08. The first kappa shape index (κ1) is 26.8. The van der Waals surface area contributed by atoms with E-state index in [9.17, 15) is 34.5 Å². The lowest BCUT2D eigenvalue weighted by atomic mass is 9.95. The highest BCUT2D eigenvalue weighted by Crippen LogP contribution is 2.21. The summed E-state index contributed by atoms with van der Waals surface area (Å²) < 4.78 is 10.5. The second-order valence-electron chi connectivity index (χ2n) is 7.58. The fourth-order valence-corrected chi connectivity index (χ4v) is 2.78. The zero-order valence-electron chi connectivity index (χ0n) is 18.7. The molecule has 0 aromatic carbocycles. The number of aliphatic carboxylic acids is 1. The fourth-order valence-electron chi connectivity index (χ4n) is 2.78. The van der Waals surface area contributed by atoms with Crippen molar-refractivity contribution in [3.05, 3.63) is 23.5 Å². The number of hydrogen-bond donors (Lipinski definition) is 4. The van der Waals surface area contributed by atoms with Crippen LogP contribution in [0.4, 0.5) is 0 Å². The number of nitrogens with one attached hydrogen (secondary N) is 1. The molecular weight excluding hydrogens is 424 g/mol. The summed E-state index contributed by atoms with van der Waals surface area (Å²) in [5.74, 6) is -5.95. The maximum Gasteiger partial charge on any atom is 0.331 e. The van der Waals surface area contributed by atoms with Crippen molar-refractivity contribution in [1.82, 2.24) is 10.3 Å². The summed E-state index contributed by atoms with van der Waals surface area (Å²) in [5, 5.41) is 31.2. The van der Waals surface area contributed by atoms with Gasteiger partial charge in [-0.2, -0.15) is 0 Å². The van der Waals surface area contributed by atoms with Crippen molar-refractivity contribution in [3.8, 4) is 5.75 Å². The minimum atomic E-state index is -1.53. The van der Waals surface area contributed by atoms with Crippen molar-refractivity contribution in [2.45, 2.75) is 59.3 Å². The van der Waals surface area contributed by atoms with E-state index in [-0.39, 0.29) is 17.9 Å². The smallest absolute Gasteiger partial charge is 0.331 e. The van der Waals surface area contributed by atoms with Crippen molar-refractivity contribution in [2.75, 3.05) is 6.61 Å². The number of ether oxygens (including phenoxy) is 2. The third-order valence-corrected chi connectivity index (χ3v) is 4.76. The Morgan fingerprint density at radius 2 is 1.75 bits per heavy atom. The van der Waals surface area contributed by atoms with E-state index in [2.05, 4.69) is 10.3 Å². The first-order chi connectivity index (χ1) is 14.9. The van der Waals surface area contributed by atoms with Crippen molar-refractivity contribution in [3.63, 3.8) is 0 Å². The molecule has 1 aromatic rings. The van der Waals surface area contributed by atoms with E-state index >= 15 is 0 Å².